The lowest BCUT2D eigenvalue weighted by molar-refractivity contribution is 0.304. The van der Waals surface area contributed by atoms with Crippen LogP contribution in [0.25, 0.3) is 22.9 Å². The second-order valence-corrected chi connectivity index (χ2v) is 7.71. The molecule has 1 heterocycles. The largest absolute Gasteiger partial charge is 0.494 e. The Morgan fingerprint density at radius 3 is 2.45 bits per heavy atom. The number of terminal acetylenes is 1. The smallest absolute Gasteiger partial charge is 0.249 e. The van der Waals surface area contributed by atoms with E-state index in [9.17, 15) is 0 Å². The number of nitrogens with zero attached hydrogens (tertiary/aromatic N) is 2. The van der Waals surface area contributed by atoms with Crippen LogP contribution in [-0.4, -0.2) is 16.8 Å². The fourth-order valence-electron chi connectivity index (χ4n) is 3.06. The van der Waals surface area contributed by atoms with Gasteiger partial charge in [-0.3, -0.25) is 0 Å². The van der Waals surface area contributed by atoms with Crippen LogP contribution < -0.4 is 4.74 Å². The Morgan fingerprint density at radius 1 is 0.966 bits per heavy atom. The van der Waals surface area contributed by atoms with E-state index >= 15 is 0 Å². The number of hydrogen-bond acceptors (Lipinski definition) is 4. The number of halogens is 1. The number of rotatable bonds is 10. The van der Waals surface area contributed by atoms with Crippen LogP contribution in [0.3, 0.4) is 0 Å². The van der Waals surface area contributed by atoms with Gasteiger partial charge < -0.3 is 9.15 Å². The van der Waals surface area contributed by atoms with Gasteiger partial charge >= 0.3 is 0 Å². The average Bonchev–Trinajstić information content (AvgIpc) is 3.23. The highest BCUT2D eigenvalue weighted by Gasteiger charge is 2.14. The molecule has 29 heavy (non-hydrogen) atoms. The number of ether oxygens (including phenoxy) is 1. The van der Waals surface area contributed by atoms with Crippen molar-refractivity contribution in [3.05, 3.63) is 52.5 Å². The third-order valence-corrected chi connectivity index (χ3v) is 5.34. The van der Waals surface area contributed by atoms with E-state index in [1.54, 1.807) is 0 Å². The zero-order chi connectivity index (χ0) is 20.5. The maximum absolute atomic E-state index is 5.86. The Kier molecular flexibility index (Phi) is 7.89. The molecule has 0 fully saturated rings. The van der Waals surface area contributed by atoms with Gasteiger partial charge in [-0.1, -0.05) is 51.0 Å². The van der Waals surface area contributed by atoms with Crippen LogP contribution in [0.5, 0.6) is 5.75 Å². The molecule has 0 N–H and O–H groups in total. The van der Waals surface area contributed by atoms with Gasteiger partial charge in [0.05, 0.1) is 17.7 Å². The number of hydrogen-bond donors (Lipinski definition) is 0. The van der Waals surface area contributed by atoms with Gasteiger partial charge in [-0.2, -0.15) is 0 Å². The van der Waals surface area contributed by atoms with Crippen molar-refractivity contribution in [3.8, 4) is 41.0 Å². The number of unbranched alkanes of at least 4 members (excludes halogenated alkanes) is 5. The van der Waals surface area contributed by atoms with Crippen molar-refractivity contribution in [3.63, 3.8) is 0 Å². The van der Waals surface area contributed by atoms with Gasteiger partial charge in [0.2, 0.25) is 11.8 Å². The molecule has 0 atom stereocenters. The van der Waals surface area contributed by atoms with Gasteiger partial charge in [0.1, 0.15) is 5.75 Å². The van der Waals surface area contributed by atoms with Crippen molar-refractivity contribution in [2.24, 2.45) is 0 Å². The molecule has 0 aliphatic heterocycles. The Labute approximate surface area is 180 Å². The summed E-state index contributed by atoms with van der Waals surface area (Å²) in [6.07, 6.45) is 13.1. The van der Waals surface area contributed by atoms with E-state index in [1.807, 2.05) is 42.5 Å². The van der Waals surface area contributed by atoms with Crippen LogP contribution in [0.15, 0.2) is 51.4 Å². The number of benzene rings is 2. The van der Waals surface area contributed by atoms with E-state index in [-0.39, 0.29) is 0 Å². The topological polar surface area (TPSA) is 48.2 Å². The summed E-state index contributed by atoms with van der Waals surface area (Å²) in [6, 6.07) is 13.4. The van der Waals surface area contributed by atoms with Crippen LogP contribution in [0.1, 0.15) is 51.0 Å². The van der Waals surface area contributed by atoms with Crippen LogP contribution in [-0.2, 0) is 0 Å². The first-order valence-corrected chi connectivity index (χ1v) is 10.8. The molecule has 1 aromatic heterocycles. The molecule has 0 saturated heterocycles. The van der Waals surface area contributed by atoms with E-state index in [2.05, 4.69) is 39.0 Å². The van der Waals surface area contributed by atoms with Crippen molar-refractivity contribution in [2.45, 2.75) is 45.4 Å². The van der Waals surface area contributed by atoms with Gasteiger partial charge in [0, 0.05) is 10.0 Å². The molecule has 0 aliphatic rings. The average molecular weight is 453 g/mol. The predicted octanol–water partition coefficient (Wildman–Crippen LogP) is 6.89. The van der Waals surface area contributed by atoms with Crippen molar-refractivity contribution in [1.29, 1.82) is 0 Å². The second kappa shape index (κ2) is 10.8. The minimum absolute atomic E-state index is 0.401. The highest BCUT2D eigenvalue weighted by Crippen LogP contribution is 2.30. The van der Waals surface area contributed by atoms with Gasteiger partial charge in [-0.15, -0.1) is 16.6 Å². The lowest BCUT2D eigenvalue weighted by Crippen LogP contribution is -1.97. The first-order valence-electron chi connectivity index (χ1n) is 10.0. The van der Waals surface area contributed by atoms with E-state index in [0.717, 1.165) is 34.4 Å². The van der Waals surface area contributed by atoms with Gasteiger partial charge in [-0.05, 0) is 58.7 Å². The molecular weight excluding hydrogens is 428 g/mol. The first kappa shape index (κ1) is 21.1. The molecule has 0 saturated carbocycles. The molecule has 4 nitrogen and oxygen atoms in total. The summed E-state index contributed by atoms with van der Waals surface area (Å²) < 4.78 is 12.5. The van der Waals surface area contributed by atoms with Gasteiger partial charge in [-0.25, -0.2) is 0 Å². The van der Waals surface area contributed by atoms with E-state index < -0.39 is 0 Å². The zero-order valence-corrected chi connectivity index (χ0v) is 18.2. The molecule has 5 heteroatoms. The monoisotopic (exact) mass is 452 g/mol. The van der Waals surface area contributed by atoms with Gasteiger partial charge in [0.15, 0.2) is 0 Å². The minimum Gasteiger partial charge on any atom is -0.494 e. The first-order chi connectivity index (χ1) is 14.2. The normalized spacial score (nSPS) is 10.7. The van der Waals surface area contributed by atoms with Crippen LogP contribution in [0.2, 0.25) is 0 Å². The zero-order valence-electron chi connectivity index (χ0n) is 16.7. The maximum atomic E-state index is 5.86. The fourth-order valence-corrected chi connectivity index (χ4v) is 3.54. The van der Waals surface area contributed by atoms with Crippen molar-refractivity contribution < 1.29 is 9.15 Å². The van der Waals surface area contributed by atoms with Crippen LogP contribution >= 0.6 is 15.9 Å². The Balaban J connectivity index is 1.59. The van der Waals surface area contributed by atoms with Crippen molar-refractivity contribution in [1.82, 2.24) is 10.2 Å². The third-order valence-electron chi connectivity index (χ3n) is 4.68. The lowest BCUT2D eigenvalue weighted by Gasteiger charge is -2.06. The molecule has 0 amide bonds. The summed E-state index contributed by atoms with van der Waals surface area (Å²) in [4.78, 5) is 0. The molecular formula is C24H25BrN2O2. The summed E-state index contributed by atoms with van der Waals surface area (Å²) in [7, 11) is 0. The highest BCUT2D eigenvalue weighted by atomic mass is 79.9. The summed E-state index contributed by atoms with van der Waals surface area (Å²) >= 11 is 3.46. The summed E-state index contributed by atoms with van der Waals surface area (Å²) in [5.41, 5.74) is 2.27. The Bertz CT molecular complexity index is 958. The summed E-state index contributed by atoms with van der Waals surface area (Å²) in [5, 5.41) is 8.33. The minimum atomic E-state index is 0.401. The molecule has 3 aromatic rings. The lowest BCUT2D eigenvalue weighted by atomic mass is 10.1. The SMILES string of the molecule is C#Cc1c(Br)cccc1-c1nnc(-c2ccc(OCCCCCCCC)cc2)o1. The van der Waals surface area contributed by atoms with E-state index in [4.69, 9.17) is 15.6 Å². The van der Waals surface area contributed by atoms with Gasteiger partial charge in [0.25, 0.3) is 0 Å². The maximum Gasteiger partial charge on any atom is 0.249 e. The Morgan fingerprint density at radius 2 is 1.69 bits per heavy atom. The fraction of sp³-hybridized carbons (Fsp3) is 0.333. The number of aromatic nitrogens is 2. The summed E-state index contributed by atoms with van der Waals surface area (Å²) in [6.45, 7) is 2.98. The molecule has 0 aliphatic carbocycles. The quantitative estimate of drug-likeness (QED) is 0.248. The van der Waals surface area contributed by atoms with Crippen LogP contribution in [0.4, 0.5) is 0 Å². The molecule has 3 rings (SSSR count). The molecule has 2 aromatic carbocycles. The molecule has 0 radical (unpaired) electrons. The van der Waals surface area contributed by atoms with Crippen molar-refractivity contribution >= 4 is 15.9 Å². The van der Waals surface area contributed by atoms with E-state index in [0.29, 0.717) is 17.3 Å². The Hall–Kier alpha value is -2.58. The second-order valence-electron chi connectivity index (χ2n) is 6.86. The molecule has 0 spiro atoms. The molecule has 0 bridgehead atoms. The summed E-state index contributed by atoms with van der Waals surface area (Å²) in [5.74, 6) is 4.37. The van der Waals surface area contributed by atoms with E-state index in [1.165, 1.54) is 32.1 Å². The molecule has 0 unspecified atom stereocenters. The standard InChI is InChI=1S/C24H25BrN2O2/c1-3-5-6-7-8-9-17-28-19-15-13-18(14-16-19)23-26-27-24(29-23)21-11-10-12-22(25)20(21)4-2/h2,10-16H,3,5-9,17H2,1H3. The predicted molar refractivity (Wildman–Crippen MR) is 120 cm³/mol. The highest BCUT2D eigenvalue weighted by molar-refractivity contribution is 9.10. The third kappa shape index (κ3) is 5.71. The van der Waals surface area contributed by atoms with Crippen molar-refractivity contribution in [2.75, 3.05) is 6.61 Å². The van der Waals surface area contributed by atoms with Crippen LogP contribution in [0, 0.1) is 12.3 Å². The molecule has 150 valence electrons.